The normalized spacial score (nSPS) is 12.1. The summed E-state index contributed by atoms with van der Waals surface area (Å²) in [6.07, 6.45) is 0.928. The number of nitrogen functional groups attached to an aromatic ring is 1. The molecule has 1 unspecified atom stereocenters. The van der Waals surface area contributed by atoms with Crippen molar-refractivity contribution in [2.75, 3.05) is 5.73 Å². The summed E-state index contributed by atoms with van der Waals surface area (Å²) in [5.41, 5.74) is 7.40. The monoisotopic (exact) mass is 261 g/mol. The van der Waals surface area contributed by atoms with Crippen molar-refractivity contribution in [3.05, 3.63) is 59.1 Å². The van der Waals surface area contributed by atoms with Crippen LogP contribution in [0.1, 0.15) is 25.0 Å². The number of ether oxygens (including phenoxy) is 1. The highest BCUT2D eigenvalue weighted by atomic mass is 35.5. The molecule has 0 saturated heterocycles. The topological polar surface area (TPSA) is 35.2 Å². The first-order valence-corrected chi connectivity index (χ1v) is 6.35. The zero-order chi connectivity index (χ0) is 13.0. The van der Waals surface area contributed by atoms with Crippen molar-refractivity contribution in [2.45, 2.75) is 19.4 Å². The Kier molecular flexibility index (Phi) is 4.11. The van der Waals surface area contributed by atoms with E-state index in [0.717, 1.165) is 17.7 Å². The van der Waals surface area contributed by atoms with Crippen molar-refractivity contribution in [3.8, 4) is 5.75 Å². The van der Waals surface area contributed by atoms with Gasteiger partial charge in [-0.1, -0.05) is 48.9 Å². The van der Waals surface area contributed by atoms with Gasteiger partial charge in [-0.3, -0.25) is 0 Å². The van der Waals surface area contributed by atoms with Gasteiger partial charge < -0.3 is 10.5 Å². The molecule has 2 aromatic rings. The lowest BCUT2D eigenvalue weighted by Gasteiger charge is -2.18. The third-order valence-corrected chi connectivity index (χ3v) is 3.12. The van der Waals surface area contributed by atoms with Gasteiger partial charge in [-0.15, -0.1) is 0 Å². The Morgan fingerprint density at radius 3 is 2.50 bits per heavy atom. The maximum atomic E-state index is 5.98. The van der Waals surface area contributed by atoms with E-state index in [1.54, 1.807) is 12.1 Å². The molecule has 0 aliphatic carbocycles. The first kappa shape index (κ1) is 12.8. The highest BCUT2D eigenvalue weighted by Gasteiger charge is 2.11. The maximum absolute atomic E-state index is 5.98. The molecule has 0 bridgehead atoms. The van der Waals surface area contributed by atoms with Gasteiger partial charge in [-0.25, -0.2) is 0 Å². The summed E-state index contributed by atoms with van der Waals surface area (Å²) in [5, 5.41) is 0.524. The molecule has 0 aromatic heterocycles. The SMILES string of the molecule is CCC(Oc1ccc(N)c(Cl)c1)c1ccccc1. The van der Waals surface area contributed by atoms with Crippen LogP contribution in [0, 0.1) is 0 Å². The van der Waals surface area contributed by atoms with Crippen molar-refractivity contribution < 1.29 is 4.74 Å². The fourth-order valence-corrected chi connectivity index (χ4v) is 1.97. The van der Waals surface area contributed by atoms with Crippen LogP contribution in [0.3, 0.4) is 0 Å². The van der Waals surface area contributed by atoms with Gasteiger partial charge in [0.25, 0.3) is 0 Å². The lowest BCUT2D eigenvalue weighted by Crippen LogP contribution is -2.06. The summed E-state index contributed by atoms with van der Waals surface area (Å²) in [4.78, 5) is 0. The summed E-state index contributed by atoms with van der Waals surface area (Å²) in [7, 11) is 0. The Bertz CT molecular complexity index is 513. The summed E-state index contributed by atoms with van der Waals surface area (Å²) in [5.74, 6) is 0.741. The molecule has 18 heavy (non-hydrogen) atoms. The molecule has 0 aliphatic heterocycles. The van der Waals surface area contributed by atoms with E-state index in [-0.39, 0.29) is 6.10 Å². The van der Waals surface area contributed by atoms with Gasteiger partial charge in [-0.05, 0) is 24.1 Å². The maximum Gasteiger partial charge on any atom is 0.123 e. The first-order chi connectivity index (χ1) is 8.70. The van der Waals surface area contributed by atoms with E-state index in [2.05, 4.69) is 19.1 Å². The predicted octanol–water partition coefficient (Wildman–Crippen LogP) is 4.45. The molecule has 0 radical (unpaired) electrons. The molecular weight excluding hydrogens is 246 g/mol. The van der Waals surface area contributed by atoms with Gasteiger partial charge >= 0.3 is 0 Å². The van der Waals surface area contributed by atoms with Crippen LogP contribution in [-0.2, 0) is 0 Å². The molecule has 0 heterocycles. The Hall–Kier alpha value is -1.67. The van der Waals surface area contributed by atoms with Crippen LogP contribution in [-0.4, -0.2) is 0 Å². The van der Waals surface area contributed by atoms with Crippen LogP contribution >= 0.6 is 11.6 Å². The Morgan fingerprint density at radius 1 is 1.17 bits per heavy atom. The van der Waals surface area contributed by atoms with E-state index < -0.39 is 0 Å². The van der Waals surface area contributed by atoms with Gasteiger partial charge in [0.05, 0.1) is 10.7 Å². The van der Waals surface area contributed by atoms with Crippen LogP contribution < -0.4 is 10.5 Å². The van der Waals surface area contributed by atoms with Crippen LogP contribution in [0.5, 0.6) is 5.75 Å². The summed E-state index contributed by atoms with van der Waals surface area (Å²) >= 11 is 5.98. The minimum atomic E-state index is 0.0332. The largest absolute Gasteiger partial charge is 0.486 e. The number of rotatable bonds is 4. The third kappa shape index (κ3) is 2.96. The van der Waals surface area contributed by atoms with E-state index >= 15 is 0 Å². The Labute approximate surface area is 112 Å². The van der Waals surface area contributed by atoms with Gasteiger partial charge in [0.1, 0.15) is 11.9 Å². The highest BCUT2D eigenvalue weighted by molar-refractivity contribution is 6.33. The Morgan fingerprint density at radius 2 is 1.89 bits per heavy atom. The summed E-state index contributed by atoms with van der Waals surface area (Å²) in [6, 6.07) is 15.5. The number of nitrogens with two attached hydrogens (primary N) is 1. The van der Waals surface area contributed by atoms with Crippen molar-refractivity contribution in [3.63, 3.8) is 0 Å². The van der Waals surface area contributed by atoms with E-state index in [1.807, 2.05) is 24.3 Å². The number of halogens is 1. The fourth-order valence-electron chi connectivity index (χ4n) is 1.80. The van der Waals surface area contributed by atoms with E-state index in [9.17, 15) is 0 Å². The summed E-state index contributed by atoms with van der Waals surface area (Å²) < 4.78 is 5.95. The minimum Gasteiger partial charge on any atom is -0.486 e. The second-order valence-corrected chi connectivity index (χ2v) is 4.52. The quantitative estimate of drug-likeness (QED) is 0.825. The lowest BCUT2D eigenvalue weighted by molar-refractivity contribution is 0.201. The molecule has 94 valence electrons. The molecule has 0 amide bonds. The molecule has 2 rings (SSSR count). The highest BCUT2D eigenvalue weighted by Crippen LogP contribution is 2.29. The van der Waals surface area contributed by atoms with Crippen LogP contribution in [0.25, 0.3) is 0 Å². The molecule has 3 heteroatoms. The predicted molar refractivity (Wildman–Crippen MR) is 76.0 cm³/mol. The van der Waals surface area contributed by atoms with Gasteiger partial charge in [0, 0.05) is 6.07 Å². The number of hydrogen-bond acceptors (Lipinski definition) is 2. The van der Waals surface area contributed by atoms with Crippen molar-refractivity contribution in [1.82, 2.24) is 0 Å². The molecular formula is C15H16ClNO. The minimum absolute atomic E-state index is 0.0332. The molecule has 2 aromatic carbocycles. The van der Waals surface area contributed by atoms with Gasteiger partial charge in [-0.2, -0.15) is 0 Å². The van der Waals surface area contributed by atoms with Crippen LogP contribution in [0.15, 0.2) is 48.5 Å². The van der Waals surface area contributed by atoms with Gasteiger partial charge in [0.2, 0.25) is 0 Å². The molecule has 0 fully saturated rings. The average molecular weight is 262 g/mol. The van der Waals surface area contributed by atoms with Crippen molar-refractivity contribution in [2.24, 2.45) is 0 Å². The molecule has 0 spiro atoms. The van der Waals surface area contributed by atoms with Crippen LogP contribution in [0.2, 0.25) is 5.02 Å². The standard InChI is InChI=1S/C15H16ClNO/c1-2-15(11-6-4-3-5-7-11)18-12-8-9-14(17)13(16)10-12/h3-10,15H,2,17H2,1H3. The molecule has 0 aliphatic rings. The van der Waals surface area contributed by atoms with E-state index in [0.29, 0.717) is 10.7 Å². The summed E-state index contributed by atoms with van der Waals surface area (Å²) in [6.45, 7) is 2.09. The van der Waals surface area contributed by atoms with E-state index in [4.69, 9.17) is 22.1 Å². The van der Waals surface area contributed by atoms with Gasteiger partial charge in [0.15, 0.2) is 0 Å². The van der Waals surface area contributed by atoms with Crippen molar-refractivity contribution in [1.29, 1.82) is 0 Å². The molecule has 0 saturated carbocycles. The second kappa shape index (κ2) is 5.78. The lowest BCUT2D eigenvalue weighted by atomic mass is 10.1. The first-order valence-electron chi connectivity index (χ1n) is 5.97. The number of anilines is 1. The molecule has 2 N–H and O–H groups in total. The molecule has 2 nitrogen and oxygen atoms in total. The zero-order valence-corrected chi connectivity index (χ0v) is 11.0. The zero-order valence-electron chi connectivity index (χ0n) is 10.3. The fraction of sp³-hybridized carbons (Fsp3) is 0.200. The Balaban J connectivity index is 2.18. The second-order valence-electron chi connectivity index (χ2n) is 4.11. The van der Waals surface area contributed by atoms with E-state index in [1.165, 1.54) is 0 Å². The molecule has 1 atom stereocenters. The third-order valence-electron chi connectivity index (χ3n) is 2.79. The van der Waals surface area contributed by atoms with Crippen molar-refractivity contribution >= 4 is 17.3 Å². The van der Waals surface area contributed by atoms with Crippen LogP contribution in [0.4, 0.5) is 5.69 Å². The number of hydrogen-bond donors (Lipinski definition) is 1. The average Bonchev–Trinajstić information content (AvgIpc) is 2.41. The number of benzene rings is 2. The smallest absolute Gasteiger partial charge is 0.123 e.